The van der Waals surface area contributed by atoms with E-state index >= 15 is 0 Å². The van der Waals surface area contributed by atoms with Gasteiger partial charge in [-0.05, 0) is 60.2 Å². The van der Waals surface area contributed by atoms with Crippen molar-refractivity contribution in [3.63, 3.8) is 0 Å². The molecule has 5 nitrogen and oxygen atoms in total. The minimum Gasteiger partial charge on any atom is -0.325 e. The van der Waals surface area contributed by atoms with Crippen LogP contribution in [0.3, 0.4) is 0 Å². The number of halogens is 5. The monoisotopic (exact) mass is 595 g/mol. The third kappa shape index (κ3) is 6.68. The van der Waals surface area contributed by atoms with Gasteiger partial charge in [-0.2, -0.15) is 13.2 Å². The molecule has 1 saturated heterocycles. The number of alkyl halides is 3. The van der Waals surface area contributed by atoms with E-state index in [4.69, 9.17) is 11.6 Å². The highest BCUT2D eigenvalue weighted by Crippen LogP contribution is 2.34. The lowest BCUT2D eigenvalue weighted by Crippen LogP contribution is -2.44. The molecule has 0 bridgehead atoms. The van der Waals surface area contributed by atoms with Gasteiger partial charge in [0.05, 0.1) is 17.8 Å². The van der Waals surface area contributed by atoms with Crippen LogP contribution in [0.15, 0.2) is 82.3 Å². The average molecular weight is 597 g/mol. The van der Waals surface area contributed by atoms with Crippen LogP contribution in [0.4, 0.5) is 24.5 Å². The number of hydrogen-bond donors (Lipinski definition) is 1. The number of amides is 2. The predicted molar refractivity (Wildman–Crippen MR) is 139 cm³/mol. The third-order valence-corrected chi connectivity index (χ3v) is 7.16. The summed E-state index contributed by atoms with van der Waals surface area (Å²) >= 11 is 10.3. The summed E-state index contributed by atoms with van der Waals surface area (Å²) in [4.78, 5) is 31.8. The van der Waals surface area contributed by atoms with E-state index in [2.05, 4.69) is 26.2 Å². The molecule has 186 valence electrons. The SMILES string of the molecule is O=C(Nc1ccc(Br)cc1)C1CC(=O)N(Cc2ccc(Cl)cc2)C(=Nc2cccc(C(F)(F)F)c2)S1. The van der Waals surface area contributed by atoms with Gasteiger partial charge in [0, 0.05) is 21.6 Å². The first-order valence-corrected chi connectivity index (χ1v) is 12.7. The van der Waals surface area contributed by atoms with Crippen LogP contribution >= 0.6 is 39.3 Å². The molecule has 0 aromatic heterocycles. The summed E-state index contributed by atoms with van der Waals surface area (Å²) < 4.78 is 40.5. The Morgan fingerprint density at radius 2 is 1.81 bits per heavy atom. The maximum Gasteiger partial charge on any atom is 0.416 e. The highest BCUT2D eigenvalue weighted by molar-refractivity contribution is 9.10. The second-order valence-electron chi connectivity index (χ2n) is 7.86. The second kappa shape index (κ2) is 11.1. The molecule has 0 aliphatic carbocycles. The Kier molecular flexibility index (Phi) is 8.07. The molecule has 1 aliphatic rings. The molecule has 3 aromatic carbocycles. The lowest BCUT2D eigenvalue weighted by molar-refractivity contribution is -0.137. The summed E-state index contributed by atoms with van der Waals surface area (Å²) in [7, 11) is 0. The number of nitrogens with zero attached hydrogens (tertiary/aromatic N) is 2. The first kappa shape index (κ1) is 26.2. The van der Waals surface area contributed by atoms with E-state index in [1.54, 1.807) is 48.5 Å². The summed E-state index contributed by atoms with van der Waals surface area (Å²) in [6.45, 7) is 0.127. The van der Waals surface area contributed by atoms with Gasteiger partial charge in [0.1, 0.15) is 5.25 Å². The molecule has 1 aliphatic heterocycles. The van der Waals surface area contributed by atoms with Gasteiger partial charge in [-0.1, -0.05) is 57.5 Å². The minimum atomic E-state index is -4.54. The van der Waals surface area contributed by atoms with Crippen molar-refractivity contribution >= 4 is 67.6 Å². The Morgan fingerprint density at radius 1 is 1.11 bits per heavy atom. The Bertz CT molecular complexity index is 1300. The second-order valence-corrected chi connectivity index (χ2v) is 10.4. The van der Waals surface area contributed by atoms with Gasteiger partial charge < -0.3 is 5.32 Å². The van der Waals surface area contributed by atoms with Crippen LogP contribution in [0.2, 0.25) is 5.02 Å². The zero-order valence-corrected chi connectivity index (χ0v) is 21.6. The van der Waals surface area contributed by atoms with Crippen LogP contribution in [0.1, 0.15) is 17.5 Å². The summed E-state index contributed by atoms with van der Waals surface area (Å²) in [5, 5.41) is 2.63. The summed E-state index contributed by atoms with van der Waals surface area (Å²) in [5.74, 6) is -0.774. The molecule has 36 heavy (non-hydrogen) atoms. The fraction of sp³-hybridized carbons (Fsp3) is 0.160. The Labute approximate surface area is 222 Å². The largest absolute Gasteiger partial charge is 0.416 e. The average Bonchev–Trinajstić information content (AvgIpc) is 2.83. The molecular formula is C25H18BrClF3N3O2S. The molecule has 0 radical (unpaired) electrons. The molecular weight excluding hydrogens is 579 g/mol. The van der Waals surface area contributed by atoms with E-state index in [9.17, 15) is 22.8 Å². The first-order valence-electron chi connectivity index (χ1n) is 10.6. The van der Waals surface area contributed by atoms with Gasteiger partial charge in [-0.3, -0.25) is 14.5 Å². The Balaban J connectivity index is 1.64. The first-order chi connectivity index (χ1) is 17.1. The van der Waals surface area contributed by atoms with Crippen LogP contribution in [-0.4, -0.2) is 27.1 Å². The fourth-order valence-electron chi connectivity index (χ4n) is 3.39. The number of carbonyl (C=O) groups is 2. The normalized spacial score (nSPS) is 17.4. The van der Waals surface area contributed by atoms with E-state index in [0.717, 1.165) is 33.9 Å². The predicted octanol–water partition coefficient (Wildman–Crippen LogP) is 7.28. The highest BCUT2D eigenvalue weighted by Gasteiger charge is 2.36. The van der Waals surface area contributed by atoms with E-state index in [-0.39, 0.29) is 29.7 Å². The standard InChI is InChI=1S/C25H18BrClF3N3O2S/c26-17-6-10-19(11-7-17)31-23(35)21-13-22(34)33(14-15-4-8-18(27)9-5-15)24(36-21)32-20-3-1-2-16(12-20)25(28,29)30/h1-12,21H,13-14H2,(H,31,35). The Morgan fingerprint density at radius 3 is 2.47 bits per heavy atom. The molecule has 1 atom stereocenters. The van der Waals surface area contributed by atoms with Crippen LogP contribution < -0.4 is 5.32 Å². The molecule has 0 saturated carbocycles. The number of thioether (sulfide) groups is 1. The third-order valence-electron chi connectivity index (χ3n) is 5.20. The molecule has 1 unspecified atom stereocenters. The lowest BCUT2D eigenvalue weighted by atomic mass is 10.2. The van der Waals surface area contributed by atoms with Crippen LogP contribution in [-0.2, 0) is 22.3 Å². The van der Waals surface area contributed by atoms with Gasteiger partial charge in [-0.15, -0.1) is 0 Å². The van der Waals surface area contributed by atoms with Crippen LogP contribution in [0.25, 0.3) is 0 Å². The van der Waals surface area contributed by atoms with Crippen molar-refractivity contribution in [1.82, 2.24) is 4.90 Å². The van der Waals surface area contributed by atoms with Crippen molar-refractivity contribution in [1.29, 1.82) is 0 Å². The zero-order chi connectivity index (χ0) is 25.9. The van der Waals surface area contributed by atoms with Gasteiger partial charge >= 0.3 is 6.18 Å². The number of carbonyl (C=O) groups excluding carboxylic acids is 2. The quantitative estimate of drug-likeness (QED) is 0.337. The van der Waals surface area contributed by atoms with Gasteiger partial charge in [0.15, 0.2) is 5.17 Å². The number of aliphatic imine (C=N–C) groups is 1. The molecule has 1 fully saturated rings. The van der Waals surface area contributed by atoms with Crippen LogP contribution in [0.5, 0.6) is 0 Å². The molecule has 11 heteroatoms. The lowest BCUT2D eigenvalue weighted by Gasteiger charge is -2.32. The number of anilines is 1. The topological polar surface area (TPSA) is 61.8 Å². The van der Waals surface area contributed by atoms with E-state index in [1.807, 2.05) is 0 Å². The number of benzene rings is 3. The highest BCUT2D eigenvalue weighted by atomic mass is 79.9. The van der Waals surface area contributed by atoms with Crippen LogP contribution in [0, 0.1) is 0 Å². The van der Waals surface area contributed by atoms with Gasteiger partial charge in [0.2, 0.25) is 11.8 Å². The molecule has 1 N–H and O–H groups in total. The van der Waals surface area contributed by atoms with Gasteiger partial charge in [-0.25, -0.2) is 4.99 Å². The van der Waals surface area contributed by atoms with E-state index in [0.29, 0.717) is 10.7 Å². The summed E-state index contributed by atoms with van der Waals surface area (Å²) in [6, 6.07) is 18.3. The minimum absolute atomic E-state index is 0.0233. The zero-order valence-electron chi connectivity index (χ0n) is 18.4. The van der Waals surface area contributed by atoms with Crippen molar-refractivity contribution in [3.8, 4) is 0 Å². The maximum atomic E-state index is 13.2. The number of rotatable bonds is 5. The number of amidine groups is 1. The smallest absolute Gasteiger partial charge is 0.325 e. The molecule has 3 aromatic rings. The fourth-order valence-corrected chi connectivity index (χ4v) is 4.88. The Hall–Kier alpha value is -2.82. The molecule has 2 amide bonds. The van der Waals surface area contributed by atoms with E-state index in [1.165, 1.54) is 17.0 Å². The van der Waals surface area contributed by atoms with Crippen molar-refractivity contribution in [2.75, 3.05) is 5.32 Å². The van der Waals surface area contributed by atoms with Crippen molar-refractivity contribution in [2.24, 2.45) is 4.99 Å². The summed E-state index contributed by atoms with van der Waals surface area (Å²) in [6.07, 6.45) is -4.63. The number of nitrogens with one attached hydrogen (secondary N) is 1. The van der Waals surface area contributed by atoms with Crippen molar-refractivity contribution < 1.29 is 22.8 Å². The van der Waals surface area contributed by atoms with Crippen molar-refractivity contribution in [2.45, 2.75) is 24.4 Å². The number of hydrogen-bond acceptors (Lipinski definition) is 4. The van der Waals surface area contributed by atoms with Crippen molar-refractivity contribution in [3.05, 3.63) is 93.4 Å². The molecule has 0 spiro atoms. The van der Waals surface area contributed by atoms with E-state index < -0.39 is 22.9 Å². The molecule has 4 rings (SSSR count). The maximum absolute atomic E-state index is 13.2. The molecule has 1 heterocycles. The van der Waals surface area contributed by atoms with Gasteiger partial charge in [0.25, 0.3) is 0 Å². The summed E-state index contributed by atoms with van der Waals surface area (Å²) in [5.41, 5.74) is 0.472.